The quantitative estimate of drug-likeness (QED) is 0.657. The molecule has 0 spiro atoms. The average molecular weight is 431 g/mol. The number of piperazine rings is 1. The minimum atomic E-state index is -1.17. The van der Waals surface area contributed by atoms with Crippen molar-refractivity contribution in [1.82, 2.24) is 25.1 Å². The molecule has 0 aliphatic carbocycles. The lowest BCUT2D eigenvalue weighted by Crippen LogP contribution is -2.76. The lowest BCUT2D eigenvalue weighted by Gasteiger charge is -2.54. The summed E-state index contributed by atoms with van der Waals surface area (Å²) in [5.41, 5.74) is 0.926. The fourth-order valence-electron chi connectivity index (χ4n) is 4.08. The summed E-state index contributed by atoms with van der Waals surface area (Å²) >= 11 is 0. The van der Waals surface area contributed by atoms with Crippen LogP contribution in [-0.4, -0.2) is 87.6 Å². The molecule has 4 amide bonds. The number of hydrogen-bond donors (Lipinski definition) is 2. The van der Waals surface area contributed by atoms with Crippen LogP contribution in [0, 0.1) is 0 Å². The fraction of sp³-hybridized carbons (Fsp3) is 0.524. The summed E-state index contributed by atoms with van der Waals surface area (Å²) in [5, 5.41) is 15.2. The number of nitrogens with zero attached hydrogens (tertiary/aromatic N) is 4. The average Bonchev–Trinajstić information content (AvgIpc) is 2.73. The van der Waals surface area contributed by atoms with Gasteiger partial charge in [0.25, 0.3) is 0 Å². The van der Waals surface area contributed by atoms with Crippen LogP contribution in [0.1, 0.15) is 31.7 Å². The Morgan fingerprint density at radius 2 is 1.90 bits per heavy atom. The van der Waals surface area contributed by atoms with Crippen molar-refractivity contribution in [2.45, 2.75) is 44.9 Å². The molecule has 0 unspecified atom stereocenters. The maximum absolute atomic E-state index is 13.1. The Hall–Kier alpha value is -3.14. The zero-order chi connectivity index (χ0) is 22.5. The molecule has 2 saturated heterocycles. The number of unbranched alkanes of at least 4 members (excludes halogenated alkanes) is 1. The molecule has 0 saturated carbocycles. The van der Waals surface area contributed by atoms with Gasteiger partial charge in [0, 0.05) is 20.1 Å². The van der Waals surface area contributed by atoms with E-state index in [2.05, 4.69) is 5.32 Å². The molecule has 168 valence electrons. The first-order valence-electron chi connectivity index (χ1n) is 10.5. The number of fused-ring (bicyclic) bond motifs is 1. The van der Waals surface area contributed by atoms with Crippen molar-refractivity contribution in [2.75, 3.05) is 26.7 Å². The summed E-state index contributed by atoms with van der Waals surface area (Å²) < 4.78 is 0. The van der Waals surface area contributed by atoms with Crippen molar-refractivity contribution >= 4 is 23.8 Å². The van der Waals surface area contributed by atoms with Crippen LogP contribution >= 0.6 is 0 Å². The predicted octanol–water partition coefficient (Wildman–Crippen LogP) is 0.699. The van der Waals surface area contributed by atoms with Crippen molar-refractivity contribution in [3.05, 3.63) is 35.9 Å². The summed E-state index contributed by atoms with van der Waals surface area (Å²) in [4.78, 5) is 53.2. The molecule has 0 bridgehead atoms. The van der Waals surface area contributed by atoms with Gasteiger partial charge in [-0.3, -0.25) is 14.4 Å². The van der Waals surface area contributed by atoms with E-state index in [1.165, 1.54) is 14.9 Å². The summed E-state index contributed by atoms with van der Waals surface area (Å²) in [5.74, 6) is -1.91. The predicted molar refractivity (Wildman–Crippen MR) is 111 cm³/mol. The minimum Gasteiger partial charge on any atom is -0.481 e. The number of hydrogen-bond acceptors (Lipinski definition) is 5. The van der Waals surface area contributed by atoms with Crippen LogP contribution in [-0.2, 0) is 20.9 Å². The zero-order valence-electron chi connectivity index (χ0n) is 17.9. The van der Waals surface area contributed by atoms with Crippen molar-refractivity contribution in [3.63, 3.8) is 0 Å². The highest BCUT2D eigenvalue weighted by Gasteiger charge is 2.51. The first-order valence-corrected chi connectivity index (χ1v) is 10.5. The number of likely N-dealkylation sites (N-methyl/N-ethyl adjacent to an activating group) is 1. The Morgan fingerprint density at radius 3 is 2.55 bits per heavy atom. The molecular formula is C21H29N5O5. The van der Waals surface area contributed by atoms with E-state index in [9.17, 15) is 24.3 Å². The van der Waals surface area contributed by atoms with Crippen LogP contribution in [0.4, 0.5) is 4.79 Å². The second kappa shape index (κ2) is 9.78. The largest absolute Gasteiger partial charge is 0.481 e. The molecule has 2 aliphatic rings. The fourth-order valence-corrected chi connectivity index (χ4v) is 4.08. The summed E-state index contributed by atoms with van der Waals surface area (Å²) in [7, 11) is 1.64. The molecule has 1 aromatic carbocycles. The van der Waals surface area contributed by atoms with Crippen molar-refractivity contribution in [1.29, 1.82) is 0 Å². The topological polar surface area (TPSA) is 114 Å². The summed E-state index contributed by atoms with van der Waals surface area (Å²) in [6.07, 6.45) is 0.359. The molecule has 10 nitrogen and oxygen atoms in total. The number of benzene rings is 1. The smallest absolute Gasteiger partial charge is 0.334 e. The Balaban J connectivity index is 1.85. The van der Waals surface area contributed by atoms with E-state index in [-0.39, 0.29) is 24.9 Å². The first-order chi connectivity index (χ1) is 14.8. The molecule has 3 rings (SSSR count). The van der Waals surface area contributed by atoms with Gasteiger partial charge in [0.15, 0.2) is 0 Å². The number of nitrogens with one attached hydrogen (secondary N) is 1. The molecule has 2 N–H and O–H groups in total. The van der Waals surface area contributed by atoms with Gasteiger partial charge in [0.2, 0.25) is 11.8 Å². The van der Waals surface area contributed by atoms with E-state index in [0.717, 1.165) is 18.4 Å². The maximum Gasteiger partial charge on any atom is 0.334 e. The number of amides is 4. The van der Waals surface area contributed by atoms with Crippen LogP contribution in [0.5, 0.6) is 0 Å². The third-order valence-electron chi connectivity index (χ3n) is 5.58. The number of urea groups is 1. The van der Waals surface area contributed by atoms with Gasteiger partial charge in [-0.05, 0) is 12.0 Å². The molecule has 0 radical (unpaired) electrons. The normalized spacial score (nSPS) is 21.8. The van der Waals surface area contributed by atoms with Gasteiger partial charge in [-0.2, -0.15) is 0 Å². The van der Waals surface area contributed by atoms with Gasteiger partial charge >= 0.3 is 12.0 Å². The van der Waals surface area contributed by atoms with Crippen molar-refractivity contribution < 1.29 is 24.3 Å². The monoisotopic (exact) mass is 431 g/mol. The molecule has 10 heteroatoms. The molecular weight excluding hydrogens is 402 g/mol. The van der Waals surface area contributed by atoms with E-state index in [0.29, 0.717) is 13.1 Å². The number of carboxylic acids is 1. The molecule has 2 fully saturated rings. The lowest BCUT2D eigenvalue weighted by molar-refractivity contribution is -0.188. The maximum atomic E-state index is 13.1. The van der Waals surface area contributed by atoms with Gasteiger partial charge in [-0.25, -0.2) is 14.8 Å². The Labute approximate surface area is 181 Å². The highest BCUT2D eigenvalue weighted by Crippen LogP contribution is 2.27. The van der Waals surface area contributed by atoms with E-state index in [1.54, 1.807) is 11.9 Å². The van der Waals surface area contributed by atoms with Gasteiger partial charge in [-0.15, -0.1) is 0 Å². The Morgan fingerprint density at radius 1 is 1.19 bits per heavy atom. The number of carboxylic acid groups (broad SMARTS) is 1. The van der Waals surface area contributed by atoms with E-state index in [1.807, 2.05) is 37.3 Å². The van der Waals surface area contributed by atoms with Crippen LogP contribution in [0.25, 0.3) is 0 Å². The Kier molecular flexibility index (Phi) is 7.11. The number of hydrazine groups is 1. The highest BCUT2D eigenvalue weighted by atomic mass is 16.4. The minimum absolute atomic E-state index is 0.117. The summed E-state index contributed by atoms with van der Waals surface area (Å²) in [6, 6.07) is 7.90. The Bertz CT molecular complexity index is 833. The molecule has 2 heterocycles. The van der Waals surface area contributed by atoms with Gasteiger partial charge in [0.05, 0.1) is 19.5 Å². The van der Waals surface area contributed by atoms with Gasteiger partial charge < -0.3 is 20.2 Å². The van der Waals surface area contributed by atoms with E-state index in [4.69, 9.17) is 0 Å². The second-order valence-electron chi connectivity index (χ2n) is 7.84. The third kappa shape index (κ3) is 4.96. The van der Waals surface area contributed by atoms with Crippen LogP contribution < -0.4 is 5.32 Å². The van der Waals surface area contributed by atoms with Crippen LogP contribution in [0.3, 0.4) is 0 Å². The molecule has 1 aromatic rings. The second-order valence-corrected chi connectivity index (χ2v) is 7.84. The lowest BCUT2D eigenvalue weighted by atomic mass is 10.0. The molecule has 2 atom stereocenters. The number of carbonyl (C=O) groups excluding carboxylic acids is 3. The molecule has 2 aliphatic heterocycles. The van der Waals surface area contributed by atoms with Crippen molar-refractivity contribution in [2.24, 2.45) is 0 Å². The highest BCUT2D eigenvalue weighted by molar-refractivity contribution is 5.93. The number of aliphatic carboxylic acids is 1. The molecule has 31 heavy (non-hydrogen) atoms. The number of rotatable bonds is 7. The number of carbonyl (C=O) groups is 4. The van der Waals surface area contributed by atoms with Gasteiger partial charge in [-0.1, -0.05) is 43.7 Å². The van der Waals surface area contributed by atoms with Gasteiger partial charge in [0.1, 0.15) is 12.2 Å². The van der Waals surface area contributed by atoms with Crippen LogP contribution in [0.2, 0.25) is 0 Å². The van der Waals surface area contributed by atoms with Crippen molar-refractivity contribution in [3.8, 4) is 0 Å². The summed E-state index contributed by atoms with van der Waals surface area (Å²) in [6.45, 7) is 2.78. The van der Waals surface area contributed by atoms with E-state index < -0.39 is 30.6 Å². The standard InChI is InChI=1S/C21H29N5O5/c1-3-4-10-24-13-17-25(16(20(24)30)11-19(28)29)18(27)14-23(2)26(17)21(31)22-12-15-8-6-5-7-9-15/h5-9,16-17H,3-4,10-14H2,1-2H3,(H,22,31)(H,28,29)/t16-,17-/m0/s1. The first kappa shape index (κ1) is 22.5. The third-order valence-corrected chi connectivity index (χ3v) is 5.58. The van der Waals surface area contributed by atoms with Crippen LogP contribution in [0.15, 0.2) is 30.3 Å². The van der Waals surface area contributed by atoms with E-state index >= 15 is 0 Å². The SMILES string of the molecule is CCCCN1C[C@H]2N(C(=O)CN(C)N2C(=O)NCc2ccccc2)[C@@H](CC(=O)O)C1=O. The zero-order valence-corrected chi connectivity index (χ0v) is 17.9. The molecule has 0 aromatic heterocycles.